The molecule has 3 atom stereocenters. The van der Waals surface area contributed by atoms with E-state index in [1.165, 1.54) is 0 Å². The van der Waals surface area contributed by atoms with Gasteiger partial charge in [0.05, 0.1) is 10.6 Å². The molecule has 0 bridgehead atoms. The van der Waals surface area contributed by atoms with Gasteiger partial charge in [0.25, 0.3) is 5.56 Å². The molecule has 0 amide bonds. The third-order valence-electron chi connectivity index (χ3n) is 2.97. The van der Waals surface area contributed by atoms with E-state index in [0.717, 1.165) is 6.20 Å². The number of halogens is 3. The van der Waals surface area contributed by atoms with Gasteiger partial charge in [0.15, 0.2) is 0 Å². The van der Waals surface area contributed by atoms with E-state index in [9.17, 15) is 28.0 Å². The van der Waals surface area contributed by atoms with Gasteiger partial charge in [0.1, 0.15) is 12.2 Å². The molecule has 0 unspecified atom stereocenters. The average Bonchev–Trinajstić information content (AvgIpc) is 2.56. The third kappa shape index (κ3) is 3.21. The van der Waals surface area contributed by atoms with E-state index in [-0.39, 0.29) is 4.47 Å². The molecule has 0 aliphatic carbocycles. The van der Waals surface area contributed by atoms with Gasteiger partial charge in [0.2, 0.25) is 6.23 Å². The zero-order chi connectivity index (χ0) is 16.9. The van der Waals surface area contributed by atoms with Crippen molar-refractivity contribution >= 4 is 23.5 Å². The maximum atomic E-state index is 14.0. The normalized spacial score (nSPS) is 28.0. The Labute approximate surface area is 128 Å². The molecule has 0 aromatic carbocycles. The summed E-state index contributed by atoms with van der Waals surface area (Å²) in [6, 6.07) is 0. The molecule has 13 heteroatoms. The molecule has 2 rings (SSSR count). The van der Waals surface area contributed by atoms with Crippen molar-refractivity contribution < 1.29 is 33.0 Å². The molecular weight excluding hydrogens is 397 g/mol. The number of ether oxygens (including phenoxy) is 1. The lowest BCUT2D eigenvalue weighted by Gasteiger charge is -2.21. The summed E-state index contributed by atoms with van der Waals surface area (Å²) in [6.07, 6.45) is -7.12. The van der Waals surface area contributed by atoms with E-state index in [1.807, 2.05) is 0 Å². The molecule has 2 heterocycles. The number of aliphatic hydroxyl groups is 1. The molecule has 1 aromatic heterocycles. The Balaban J connectivity index is 2.44. The molecule has 1 aromatic rings. The summed E-state index contributed by atoms with van der Waals surface area (Å²) in [5.41, 5.74) is -2.07. The van der Waals surface area contributed by atoms with Gasteiger partial charge in [-0.2, -0.15) is 8.78 Å². The number of rotatable bonds is 3. The summed E-state index contributed by atoms with van der Waals surface area (Å²) in [4.78, 5) is 42.2. The maximum Gasteiger partial charge on any atom is 0.330 e. The van der Waals surface area contributed by atoms with Crippen LogP contribution in [0.1, 0.15) is 6.23 Å². The largest absolute Gasteiger partial charge is 0.384 e. The summed E-state index contributed by atoms with van der Waals surface area (Å²) in [5.74, 6) is -4.00. The van der Waals surface area contributed by atoms with Crippen LogP contribution >= 0.6 is 23.5 Å². The first-order valence-corrected chi connectivity index (χ1v) is 8.29. The topological polar surface area (TPSA) is 142 Å². The minimum absolute atomic E-state index is 0.237. The Kier molecular flexibility index (Phi) is 4.46. The molecule has 1 fully saturated rings. The number of alkyl halides is 2. The van der Waals surface area contributed by atoms with Crippen LogP contribution in [0.15, 0.2) is 20.3 Å². The highest BCUT2D eigenvalue weighted by atomic mass is 79.9. The van der Waals surface area contributed by atoms with E-state index in [1.54, 1.807) is 4.98 Å². The molecule has 22 heavy (non-hydrogen) atoms. The van der Waals surface area contributed by atoms with Crippen molar-refractivity contribution in [1.82, 2.24) is 9.55 Å². The van der Waals surface area contributed by atoms with Crippen LogP contribution in [0.2, 0.25) is 0 Å². The van der Waals surface area contributed by atoms with Gasteiger partial charge in [-0.3, -0.25) is 18.9 Å². The summed E-state index contributed by atoms with van der Waals surface area (Å²) in [7, 11) is -4.73. The number of hydrogen-bond acceptors (Lipinski definition) is 5. The SMILES string of the molecule is O=c1[nH]c(=O)n([C@@H]2O[C@H](CP(=O)(O)O)[C@@H](O)C2(F)F)cc1Br. The summed E-state index contributed by atoms with van der Waals surface area (Å²) >= 11 is 2.75. The molecule has 1 saturated heterocycles. The molecule has 9 nitrogen and oxygen atoms in total. The number of nitrogens with zero attached hydrogens (tertiary/aromatic N) is 1. The van der Waals surface area contributed by atoms with Crippen LogP contribution < -0.4 is 11.2 Å². The Morgan fingerprint density at radius 3 is 2.59 bits per heavy atom. The predicted molar refractivity (Wildman–Crippen MR) is 70.8 cm³/mol. The highest BCUT2D eigenvalue weighted by Crippen LogP contribution is 2.47. The van der Waals surface area contributed by atoms with Crippen molar-refractivity contribution in [3.05, 3.63) is 31.5 Å². The second kappa shape index (κ2) is 5.62. The highest BCUT2D eigenvalue weighted by molar-refractivity contribution is 9.10. The highest BCUT2D eigenvalue weighted by Gasteiger charge is 2.60. The first-order valence-electron chi connectivity index (χ1n) is 5.70. The number of hydrogen-bond donors (Lipinski definition) is 4. The third-order valence-corrected chi connectivity index (χ3v) is 4.37. The van der Waals surface area contributed by atoms with Crippen LogP contribution in [-0.4, -0.2) is 48.7 Å². The Morgan fingerprint density at radius 1 is 1.45 bits per heavy atom. The monoisotopic (exact) mass is 406 g/mol. The number of aromatic nitrogens is 2. The van der Waals surface area contributed by atoms with Crippen molar-refractivity contribution in [1.29, 1.82) is 0 Å². The number of aromatic amines is 1. The van der Waals surface area contributed by atoms with Crippen LogP contribution in [0, 0.1) is 0 Å². The van der Waals surface area contributed by atoms with Gasteiger partial charge < -0.3 is 19.6 Å². The van der Waals surface area contributed by atoms with Crippen molar-refractivity contribution in [2.24, 2.45) is 0 Å². The van der Waals surface area contributed by atoms with Crippen LogP contribution in [0.3, 0.4) is 0 Å². The fraction of sp³-hybridized carbons (Fsp3) is 0.556. The molecule has 1 aliphatic heterocycles. The second-order valence-corrected chi connectivity index (χ2v) is 7.19. The minimum Gasteiger partial charge on any atom is -0.384 e. The van der Waals surface area contributed by atoms with E-state index in [2.05, 4.69) is 15.9 Å². The van der Waals surface area contributed by atoms with Crippen molar-refractivity contribution in [2.75, 3.05) is 6.16 Å². The lowest BCUT2D eigenvalue weighted by Crippen LogP contribution is -2.42. The standard InChI is InChI=1S/C9H10BrF2N2O7P/c10-3-1-14(8(17)13-6(3)16)7-9(11,12)5(15)4(21-7)2-22(18,19)20/h1,4-5,7,15H,2H2,(H,13,16,17)(H2,18,19,20)/t4-,5-,7-/m1/s1. The lowest BCUT2D eigenvalue weighted by molar-refractivity contribution is -0.140. The Morgan fingerprint density at radius 2 is 2.05 bits per heavy atom. The van der Waals surface area contributed by atoms with Crippen LogP contribution in [0.5, 0.6) is 0 Å². The van der Waals surface area contributed by atoms with Gasteiger partial charge in [-0.25, -0.2) is 4.79 Å². The molecule has 4 N–H and O–H groups in total. The van der Waals surface area contributed by atoms with Gasteiger partial charge in [0, 0.05) is 6.20 Å². The van der Waals surface area contributed by atoms with E-state index < -0.39 is 49.4 Å². The molecular formula is C9H10BrF2N2O7P. The molecule has 1 aliphatic rings. The Hall–Kier alpha value is -0.910. The van der Waals surface area contributed by atoms with E-state index in [4.69, 9.17) is 14.5 Å². The zero-order valence-electron chi connectivity index (χ0n) is 10.5. The van der Waals surface area contributed by atoms with E-state index >= 15 is 0 Å². The first-order chi connectivity index (χ1) is 9.93. The maximum absolute atomic E-state index is 14.0. The van der Waals surface area contributed by atoms with Crippen LogP contribution in [0.25, 0.3) is 0 Å². The van der Waals surface area contributed by atoms with Crippen molar-refractivity contribution in [3.63, 3.8) is 0 Å². The number of aliphatic hydroxyl groups excluding tert-OH is 1. The fourth-order valence-corrected chi connectivity index (χ4v) is 3.06. The molecule has 0 radical (unpaired) electrons. The molecule has 0 spiro atoms. The molecule has 0 saturated carbocycles. The summed E-state index contributed by atoms with van der Waals surface area (Å²) in [5, 5.41) is 9.51. The Bertz CT molecular complexity index is 744. The van der Waals surface area contributed by atoms with E-state index in [0.29, 0.717) is 4.57 Å². The first kappa shape index (κ1) is 17.4. The van der Waals surface area contributed by atoms with Gasteiger partial charge in [-0.05, 0) is 15.9 Å². The average molecular weight is 407 g/mol. The van der Waals surface area contributed by atoms with Crippen LogP contribution in [-0.2, 0) is 9.30 Å². The second-order valence-electron chi connectivity index (χ2n) is 4.64. The lowest BCUT2D eigenvalue weighted by atomic mass is 10.1. The van der Waals surface area contributed by atoms with Gasteiger partial charge >= 0.3 is 19.2 Å². The number of H-pyrrole nitrogens is 1. The zero-order valence-corrected chi connectivity index (χ0v) is 13.0. The van der Waals surface area contributed by atoms with Gasteiger partial charge in [-0.15, -0.1) is 0 Å². The van der Waals surface area contributed by atoms with Gasteiger partial charge in [-0.1, -0.05) is 0 Å². The van der Waals surface area contributed by atoms with Crippen molar-refractivity contribution in [3.8, 4) is 0 Å². The smallest absolute Gasteiger partial charge is 0.330 e. The number of nitrogens with one attached hydrogen (secondary N) is 1. The predicted octanol–water partition coefficient (Wildman–Crippen LogP) is -0.630. The van der Waals surface area contributed by atoms with Crippen LogP contribution in [0.4, 0.5) is 8.78 Å². The van der Waals surface area contributed by atoms with Crippen molar-refractivity contribution in [2.45, 2.75) is 24.4 Å². The summed E-state index contributed by atoms with van der Waals surface area (Å²) in [6.45, 7) is 0. The fourth-order valence-electron chi connectivity index (χ4n) is 1.99. The molecule has 124 valence electrons. The minimum atomic E-state index is -4.73. The summed E-state index contributed by atoms with van der Waals surface area (Å²) < 4.78 is 43.8. The quantitative estimate of drug-likeness (QED) is 0.489.